The van der Waals surface area contributed by atoms with Crippen LogP contribution in [0.25, 0.3) is 0 Å². The van der Waals surface area contributed by atoms with E-state index < -0.39 is 0 Å². The van der Waals surface area contributed by atoms with Crippen molar-refractivity contribution in [1.82, 2.24) is 4.98 Å². The largest absolute Gasteiger partial charge is 0.369 e. The quantitative estimate of drug-likeness (QED) is 0.749. The Hall–Kier alpha value is -1.56. The molecule has 0 aromatic carbocycles. The highest BCUT2D eigenvalue weighted by Crippen LogP contribution is 2.31. The van der Waals surface area contributed by atoms with E-state index in [0.29, 0.717) is 0 Å². The van der Waals surface area contributed by atoms with E-state index in [1.54, 1.807) is 18.5 Å². The number of hydrogen-bond acceptors (Lipinski definition) is 3. The molecular weight excluding hydrogens is 186 g/mol. The molecule has 2 rings (SSSR count). The van der Waals surface area contributed by atoms with Crippen LogP contribution < -0.4 is 4.90 Å². The molecule has 0 spiro atoms. The van der Waals surface area contributed by atoms with Crippen molar-refractivity contribution in [2.45, 2.75) is 19.8 Å². The van der Waals surface area contributed by atoms with Gasteiger partial charge in [0.1, 0.15) is 6.07 Å². The number of aromatic nitrogens is 1. The topological polar surface area (TPSA) is 39.9 Å². The number of anilines is 1. The number of nitrogens with zero attached hydrogens (tertiary/aromatic N) is 3. The summed E-state index contributed by atoms with van der Waals surface area (Å²) in [5.74, 6) is 0.830. The summed E-state index contributed by atoms with van der Waals surface area (Å²) < 4.78 is 0. The van der Waals surface area contributed by atoms with Crippen LogP contribution in [0, 0.1) is 17.2 Å². The van der Waals surface area contributed by atoms with Crippen LogP contribution >= 0.6 is 0 Å². The van der Waals surface area contributed by atoms with Crippen molar-refractivity contribution in [3.8, 4) is 6.07 Å². The van der Waals surface area contributed by atoms with Crippen LogP contribution in [0.1, 0.15) is 25.3 Å². The van der Waals surface area contributed by atoms with E-state index in [0.717, 1.165) is 30.3 Å². The van der Waals surface area contributed by atoms with E-state index in [-0.39, 0.29) is 0 Å². The molecule has 0 bridgehead atoms. The molecule has 0 radical (unpaired) electrons. The Balaban J connectivity index is 2.20. The van der Waals surface area contributed by atoms with Crippen LogP contribution in [0.3, 0.4) is 0 Å². The van der Waals surface area contributed by atoms with E-state index in [2.05, 4.69) is 22.9 Å². The molecule has 1 saturated carbocycles. The number of pyridine rings is 1. The molecule has 1 aliphatic carbocycles. The lowest BCUT2D eigenvalue weighted by atomic mass is 10.2. The fourth-order valence-electron chi connectivity index (χ4n) is 1.74. The smallest absolute Gasteiger partial charge is 0.101 e. The predicted octanol–water partition coefficient (Wildman–Crippen LogP) is 2.19. The van der Waals surface area contributed by atoms with Gasteiger partial charge in [0.05, 0.1) is 17.4 Å². The molecule has 1 heterocycles. The number of rotatable bonds is 4. The van der Waals surface area contributed by atoms with Gasteiger partial charge in [0.15, 0.2) is 0 Å². The van der Waals surface area contributed by atoms with E-state index in [1.165, 1.54) is 12.8 Å². The van der Waals surface area contributed by atoms with E-state index in [9.17, 15) is 0 Å². The normalized spacial score (nSPS) is 14.7. The lowest BCUT2D eigenvalue weighted by Crippen LogP contribution is -2.26. The molecule has 0 N–H and O–H groups in total. The zero-order chi connectivity index (χ0) is 10.7. The molecule has 0 aliphatic heterocycles. The Labute approximate surface area is 90.4 Å². The lowest BCUT2D eigenvalue weighted by Gasteiger charge is -2.23. The van der Waals surface area contributed by atoms with Crippen molar-refractivity contribution in [3.05, 3.63) is 24.0 Å². The Kier molecular flexibility index (Phi) is 2.86. The fraction of sp³-hybridized carbons (Fsp3) is 0.500. The minimum atomic E-state index is 0.729. The average molecular weight is 201 g/mol. The van der Waals surface area contributed by atoms with Gasteiger partial charge in [0.25, 0.3) is 0 Å². The average Bonchev–Trinajstić information content (AvgIpc) is 3.10. The second-order valence-electron chi connectivity index (χ2n) is 3.99. The molecule has 0 unspecified atom stereocenters. The third kappa shape index (κ3) is 2.27. The van der Waals surface area contributed by atoms with E-state index >= 15 is 0 Å². The number of hydrogen-bond donors (Lipinski definition) is 0. The summed E-state index contributed by atoms with van der Waals surface area (Å²) in [4.78, 5) is 6.35. The molecule has 1 aliphatic rings. The highest BCUT2D eigenvalue weighted by Gasteiger charge is 2.24. The standard InChI is InChI=1S/C12H15N3/c1-2-15(9-10-3-4-10)12-8-14-6-5-11(12)7-13/h5-6,8,10H,2-4,9H2,1H3. The van der Waals surface area contributed by atoms with Crippen molar-refractivity contribution >= 4 is 5.69 Å². The van der Waals surface area contributed by atoms with Gasteiger partial charge in [-0.3, -0.25) is 4.98 Å². The first-order valence-electron chi connectivity index (χ1n) is 5.44. The minimum Gasteiger partial charge on any atom is -0.369 e. The van der Waals surface area contributed by atoms with Gasteiger partial charge in [0, 0.05) is 19.3 Å². The second-order valence-corrected chi connectivity index (χ2v) is 3.99. The second kappa shape index (κ2) is 4.31. The van der Waals surface area contributed by atoms with Crippen LogP contribution in [-0.2, 0) is 0 Å². The maximum Gasteiger partial charge on any atom is 0.101 e. The first-order valence-corrected chi connectivity index (χ1v) is 5.44. The predicted molar refractivity (Wildman–Crippen MR) is 59.6 cm³/mol. The van der Waals surface area contributed by atoms with Gasteiger partial charge < -0.3 is 4.90 Å². The molecular formula is C12H15N3. The van der Waals surface area contributed by atoms with Crippen molar-refractivity contribution in [2.24, 2.45) is 5.92 Å². The summed E-state index contributed by atoms with van der Waals surface area (Å²) in [6.45, 7) is 4.13. The SMILES string of the molecule is CCN(CC1CC1)c1cnccc1C#N. The minimum absolute atomic E-state index is 0.729. The maximum atomic E-state index is 9.01. The zero-order valence-corrected chi connectivity index (χ0v) is 8.98. The molecule has 15 heavy (non-hydrogen) atoms. The molecule has 3 nitrogen and oxygen atoms in total. The van der Waals surface area contributed by atoms with Gasteiger partial charge in [-0.15, -0.1) is 0 Å². The zero-order valence-electron chi connectivity index (χ0n) is 8.98. The van der Waals surface area contributed by atoms with Crippen molar-refractivity contribution in [1.29, 1.82) is 5.26 Å². The Morgan fingerprint density at radius 2 is 2.40 bits per heavy atom. The van der Waals surface area contributed by atoms with E-state index in [1.807, 2.05) is 0 Å². The van der Waals surface area contributed by atoms with Crippen LogP contribution in [0.2, 0.25) is 0 Å². The summed E-state index contributed by atoms with van der Waals surface area (Å²) in [6.07, 6.45) is 6.13. The third-order valence-electron chi connectivity index (χ3n) is 2.82. The summed E-state index contributed by atoms with van der Waals surface area (Å²) in [6, 6.07) is 4.00. The first kappa shape index (κ1) is 9.97. The maximum absolute atomic E-state index is 9.01. The van der Waals surface area contributed by atoms with E-state index in [4.69, 9.17) is 5.26 Å². The van der Waals surface area contributed by atoms with Crippen LogP contribution in [-0.4, -0.2) is 18.1 Å². The molecule has 78 valence electrons. The summed E-state index contributed by atoms with van der Waals surface area (Å²) in [7, 11) is 0. The Morgan fingerprint density at radius 1 is 1.60 bits per heavy atom. The van der Waals surface area contributed by atoms with Crippen LogP contribution in [0.4, 0.5) is 5.69 Å². The molecule has 3 heteroatoms. The lowest BCUT2D eigenvalue weighted by molar-refractivity contribution is 0.739. The summed E-state index contributed by atoms with van der Waals surface area (Å²) >= 11 is 0. The Morgan fingerprint density at radius 3 is 3.00 bits per heavy atom. The highest BCUT2D eigenvalue weighted by molar-refractivity contribution is 5.57. The van der Waals surface area contributed by atoms with Gasteiger partial charge in [-0.2, -0.15) is 5.26 Å². The van der Waals surface area contributed by atoms with Crippen LogP contribution in [0.5, 0.6) is 0 Å². The highest BCUT2D eigenvalue weighted by atomic mass is 15.1. The molecule has 0 amide bonds. The van der Waals surface area contributed by atoms with Gasteiger partial charge in [-0.05, 0) is 31.7 Å². The van der Waals surface area contributed by atoms with Crippen molar-refractivity contribution in [3.63, 3.8) is 0 Å². The van der Waals surface area contributed by atoms with Crippen molar-refractivity contribution in [2.75, 3.05) is 18.0 Å². The Bertz CT molecular complexity index is 377. The molecule has 0 saturated heterocycles. The summed E-state index contributed by atoms with van der Waals surface area (Å²) in [5, 5.41) is 9.01. The van der Waals surface area contributed by atoms with Gasteiger partial charge in [0.2, 0.25) is 0 Å². The first-order chi connectivity index (χ1) is 7.35. The monoisotopic (exact) mass is 201 g/mol. The fourth-order valence-corrected chi connectivity index (χ4v) is 1.74. The van der Waals surface area contributed by atoms with Crippen molar-refractivity contribution < 1.29 is 0 Å². The van der Waals surface area contributed by atoms with Crippen LogP contribution in [0.15, 0.2) is 18.5 Å². The third-order valence-corrected chi connectivity index (χ3v) is 2.82. The number of nitriles is 1. The van der Waals surface area contributed by atoms with Gasteiger partial charge >= 0.3 is 0 Å². The molecule has 1 aromatic rings. The summed E-state index contributed by atoms with van der Waals surface area (Å²) in [5.41, 5.74) is 1.71. The van der Waals surface area contributed by atoms with Gasteiger partial charge in [-0.1, -0.05) is 0 Å². The molecule has 0 atom stereocenters. The molecule has 1 aromatic heterocycles. The molecule has 1 fully saturated rings. The van der Waals surface area contributed by atoms with Gasteiger partial charge in [-0.25, -0.2) is 0 Å².